The van der Waals surface area contributed by atoms with E-state index in [1.54, 1.807) is 0 Å². The second-order valence-corrected chi connectivity index (χ2v) is 12.3. The summed E-state index contributed by atoms with van der Waals surface area (Å²) in [6.45, 7) is 0. The van der Waals surface area contributed by atoms with Gasteiger partial charge in [0.15, 0.2) is 0 Å². The Bertz CT molecular complexity index is 2830. The highest BCUT2D eigenvalue weighted by Gasteiger charge is 2.21. The molecule has 0 spiro atoms. The Morgan fingerprint density at radius 2 is 1.02 bits per heavy atom. The van der Waals surface area contributed by atoms with Gasteiger partial charge in [0, 0.05) is 39.0 Å². The quantitative estimate of drug-likeness (QED) is 0.186. The van der Waals surface area contributed by atoms with E-state index in [9.17, 15) is 0 Å². The summed E-state index contributed by atoms with van der Waals surface area (Å²) < 4.78 is 2.48. The van der Waals surface area contributed by atoms with Crippen molar-refractivity contribution in [3.8, 4) is 27.9 Å². The smallest absolute Gasteiger partial charge is 0.0702 e. The number of aromatic nitrogens is 2. The fourth-order valence-electron chi connectivity index (χ4n) is 7.68. The summed E-state index contributed by atoms with van der Waals surface area (Å²) >= 11 is 0. The van der Waals surface area contributed by atoms with Crippen LogP contribution in [0.1, 0.15) is 0 Å². The van der Waals surface area contributed by atoms with Crippen LogP contribution in [0.4, 0.5) is 0 Å². The standard InChI is InChI=1S/C45H28N2/c1-2-12-30(13-3-1)39-27-40-35-16-6-8-18-37(35)43-38-19-9-11-21-42(38)47(45(43)44(40)36-17-7-5-15-34(36)39)33-24-22-29(23-25-33)32-26-31-14-4-10-20-41(31)46-28-32/h1-28H. The maximum atomic E-state index is 4.73. The lowest BCUT2D eigenvalue weighted by molar-refractivity contribution is 1.19. The van der Waals surface area contributed by atoms with Gasteiger partial charge in [0.25, 0.3) is 0 Å². The molecule has 0 saturated carbocycles. The van der Waals surface area contributed by atoms with Crippen molar-refractivity contribution in [2.24, 2.45) is 0 Å². The van der Waals surface area contributed by atoms with E-state index in [1.165, 1.54) is 65.3 Å². The molecule has 2 heteroatoms. The summed E-state index contributed by atoms with van der Waals surface area (Å²) in [6.07, 6.45) is 1.98. The fraction of sp³-hybridized carbons (Fsp3) is 0. The molecule has 0 saturated heterocycles. The second-order valence-electron chi connectivity index (χ2n) is 12.3. The van der Waals surface area contributed by atoms with Gasteiger partial charge < -0.3 is 4.57 Å². The second kappa shape index (κ2) is 10.1. The molecular formula is C45H28N2. The van der Waals surface area contributed by atoms with Gasteiger partial charge in [0.1, 0.15) is 0 Å². The van der Waals surface area contributed by atoms with Gasteiger partial charge in [-0.15, -0.1) is 0 Å². The molecule has 8 aromatic carbocycles. The van der Waals surface area contributed by atoms with Crippen molar-refractivity contribution in [2.75, 3.05) is 0 Å². The van der Waals surface area contributed by atoms with Crippen LogP contribution in [0.3, 0.4) is 0 Å². The minimum absolute atomic E-state index is 1.01. The van der Waals surface area contributed by atoms with E-state index in [4.69, 9.17) is 4.98 Å². The number of pyridine rings is 1. The molecule has 0 aliphatic heterocycles. The minimum atomic E-state index is 1.01. The molecule has 0 bridgehead atoms. The number of para-hydroxylation sites is 2. The predicted molar refractivity (Wildman–Crippen MR) is 199 cm³/mol. The molecule has 47 heavy (non-hydrogen) atoms. The molecular weight excluding hydrogens is 569 g/mol. The number of nitrogens with zero attached hydrogens (tertiary/aromatic N) is 2. The Kier molecular flexibility index (Phi) is 5.61. The highest BCUT2D eigenvalue weighted by atomic mass is 15.0. The Morgan fingerprint density at radius 1 is 0.404 bits per heavy atom. The normalized spacial score (nSPS) is 11.8. The lowest BCUT2D eigenvalue weighted by Gasteiger charge is -2.17. The molecule has 0 fully saturated rings. The van der Waals surface area contributed by atoms with Crippen LogP contribution in [0.15, 0.2) is 170 Å². The van der Waals surface area contributed by atoms with Crippen molar-refractivity contribution in [2.45, 2.75) is 0 Å². The monoisotopic (exact) mass is 596 g/mol. The molecule has 0 atom stereocenters. The fourth-order valence-corrected chi connectivity index (χ4v) is 7.68. The van der Waals surface area contributed by atoms with Crippen LogP contribution in [0.5, 0.6) is 0 Å². The molecule has 10 aromatic rings. The van der Waals surface area contributed by atoms with Gasteiger partial charge in [-0.25, -0.2) is 0 Å². The van der Waals surface area contributed by atoms with Gasteiger partial charge in [0.2, 0.25) is 0 Å². The molecule has 0 amide bonds. The number of benzene rings is 8. The molecule has 2 nitrogen and oxygen atoms in total. The highest BCUT2D eigenvalue weighted by Crippen LogP contribution is 2.46. The first-order chi connectivity index (χ1) is 23.3. The average molecular weight is 597 g/mol. The van der Waals surface area contributed by atoms with Gasteiger partial charge in [-0.2, -0.15) is 0 Å². The maximum Gasteiger partial charge on any atom is 0.0702 e. The summed E-state index contributed by atoms with van der Waals surface area (Å²) in [5.74, 6) is 0. The van der Waals surface area contributed by atoms with Gasteiger partial charge in [-0.05, 0) is 80.0 Å². The molecule has 0 aliphatic carbocycles. The van der Waals surface area contributed by atoms with Crippen LogP contribution in [0.25, 0.3) is 93.0 Å². The average Bonchev–Trinajstić information content (AvgIpc) is 3.50. The topological polar surface area (TPSA) is 17.8 Å². The SMILES string of the molecule is c1ccc(-c2cc3c4ccccc4c4c5ccccc5n(-c5ccc(-c6cnc7ccccc7c6)cc5)c4c3c3ccccc23)cc1. The maximum absolute atomic E-state index is 4.73. The third-order valence-corrected chi connectivity index (χ3v) is 9.78. The molecule has 0 N–H and O–H groups in total. The van der Waals surface area contributed by atoms with Crippen molar-refractivity contribution in [1.82, 2.24) is 9.55 Å². The Morgan fingerprint density at radius 3 is 1.83 bits per heavy atom. The number of hydrogen-bond donors (Lipinski definition) is 0. The van der Waals surface area contributed by atoms with Crippen molar-refractivity contribution >= 4 is 65.0 Å². The molecule has 218 valence electrons. The summed E-state index contributed by atoms with van der Waals surface area (Å²) in [5.41, 5.74) is 9.37. The third kappa shape index (κ3) is 3.89. The largest absolute Gasteiger partial charge is 0.309 e. The molecule has 2 heterocycles. The lowest BCUT2D eigenvalue weighted by Crippen LogP contribution is -1.96. The molecule has 0 aliphatic rings. The zero-order valence-electron chi connectivity index (χ0n) is 25.6. The minimum Gasteiger partial charge on any atom is -0.309 e. The molecule has 0 unspecified atom stereocenters. The van der Waals surface area contributed by atoms with Gasteiger partial charge >= 0.3 is 0 Å². The van der Waals surface area contributed by atoms with E-state index in [-0.39, 0.29) is 0 Å². The van der Waals surface area contributed by atoms with Crippen LogP contribution in [-0.4, -0.2) is 9.55 Å². The first kappa shape index (κ1) is 26.0. The first-order valence-corrected chi connectivity index (χ1v) is 16.1. The van der Waals surface area contributed by atoms with Crippen molar-refractivity contribution in [3.63, 3.8) is 0 Å². The van der Waals surface area contributed by atoms with E-state index < -0.39 is 0 Å². The van der Waals surface area contributed by atoms with E-state index >= 15 is 0 Å². The van der Waals surface area contributed by atoms with Gasteiger partial charge in [-0.3, -0.25) is 4.98 Å². The summed E-state index contributed by atoms with van der Waals surface area (Å²) in [6, 6.07) is 59.4. The Labute approximate surface area is 271 Å². The van der Waals surface area contributed by atoms with Crippen molar-refractivity contribution in [1.29, 1.82) is 0 Å². The van der Waals surface area contributed by atoms with Crippen molar-refractivity contribution < 1.29 is 0 Å². The Hall–Kier alpha value is -6.25. The van der Waals surface area contributed by atoms with E-state index in [0.717, 1.165) is 27.7 Å². The summed E-state index contributed by atoms with van der Waals surface area (Å²) in [7, 11) is 0. The lowest BCUT2D eigenvalue weighted by atomic mass is 9.89. The Balaban J connectivity index is 1.33. The van der Waals surface area contributed by atoms with Gasteiger partial charge in [-0.1, -0.05) is 127 Å². The van der Waals surface area contributed by atoms with E-state index in [0.29, 0.717) is 0 Å². The molecule has 0 radical (unpaired) electrons. The van der Waals surface area contributed by atoms with Crippen LogP contribution >= 0.6 is 0 Å². The van der Waals surface area contributed by atoms with Gasteiger partial charge in [0.05, 0.1) is 16.6 Å². The number of fused-ring (bicyclic) bond motifs is 11. The summed E-state index contributed by atoms with van der Waals surface area (Å²) in [5, 5.41) is 11.3. The van der Waals surface area contributed by atoms with Crippen LogP contribution in [-0.2, 0) is 0 Å². The zero-order valence-corrected chi connectivity index (χ0v) is 25.6. The zero-order chi connectivity index (χ0) is 30.9. The first-order valence-electron chi connectivity index (χ1n) is 16.1. The molecule has 2 aromatic heterocycles. The predicted octanol–water partition coefficient (Wildman–Crippen LogP) is 12.1. The van der Waals surface area contributed by atoms with Crippen LogP contribution < -0.4 is 0 Å². The molecule has 10 rings (SSSR count). The van der Waals surface area contributed by atoms with Crippen LogP contribution in [0, 0.1) is 0 Å². The highest BCUT2D eigenvalue weighted by molar-refractivity contribution is 6.37. The van der Waals surface area contributed by atoms with Crippen LogP contribution in [0.2, 0.25) is 0 Å². The number of hydrogen-bond acceptors (Lipinski definition) is 1. The van der Waals surface area contributed by atoms with E-state index in [2.05, 4.69) is 162 Å². The van der Waals surface area contributed by atoms with Crippen molar-refractivity contribution in [3.05, 3.63) is 170 Å². The third-order valence-electron chi connectivity index (χ3n) is 9.78. The number of rotatable bonds is 3. The van der Waals surface area contributed by atoms with E-state index in [1.807, 2.05) is 12.3 Å². The summed E-state index contributed by atoms with van der Waals surface area (Å²) in [4.78, 5) is 4.73.